The Hall–Kier alpha value is -0.320. The predicted octanol–water partition coefficient (Wildman–Crippen LogP) is 2.20. The van der Waals surface area contributed by atoms with Crippen LogP contribution in [0.2, 0.25) is 0 Å². The molecule has 0 aromatic carbocycles. The molecule has 1 heterocycles. The molecule has 2 rings (SSSR count). The van der Waals surface area contributed by atoms with E-state index < -0.39 is 5.54 Å². The molecule has 0 bridgehead atoms. The van der Waals surface area contributed by atoms with Crippen molar-refractivity contribution in [2.75, 3.05) is 13.2 Å². The first-order valence-corrected chi connectivity index (χ1v) is 7.47. The average molecular weight is 305 g/mol. The minimum absolute atomic E-state index is 0. The van der Waals surface area contributed by atoms with E-state index in [1.165, 1.54) is 0 Å². The van der Waals surface area contributed by atoms with Gasteiger partial charge >= 0.3 is 0 Å². The lowest BCUT2D eigenvalue weighted by Gasteiger charge is -2.58. The summed E-state index contributed by atoms with van der Waals surface area (Å²) in [6, 6.07) is 0.301. The van der Waals surface area contributed by atoms with E-state index in [4.69, 9.17) is 10.5 Å². The summed E-state index contributed by atoms with van der Waals surface area (Å²) in [6.45, 7) is 11.9. The Morgan fingerprint density at radius 1 is 1.40 bits per heavy atom. The van der Waals surface area contributed by atoms with Gasteiger partial charge in [0.1, 0.15) is 5.54 Å². The van der Waals surface area contributed by atoms with E-state index in [-0.39, 0.29) is 29.8 Å². The number of halogens is 1. The van der Waals surface area contributed by atoms with Crippen molar-refractivity contribution in [2.24, 2.45) is 17.1 Å². The van der Waals surface area contributed by atoms with Crippen LogP contribution < -0.4 is 5.73 Å². The molecule has 1 saturated carbocycles. The quantitative estimate of drug-likeness (QED) is 0.869. The lowest BCUT2D eigenvalue weighted by molar-refractivity contribution is -0.180. The number of rotatable bonds is 3. The summed E-state index contributed by atoms with van der Waals surface area (Å²) in [5, 5.41) is 0. The van der Waals surface area contributed by atoms with Crippen LogP contribution in [0.25, 0.3) is 0 Å². The van der Waals surface area contributed by atoms with E-state index in [2.05, 4.69) is 27.7 Å². The van der Waals surface area contributed by atoms with Crippen LogP contribution in [0.15, 0.2) is 0 Å². The van der Waals surface area contributed by atoms with Crippen LogP contribution >= 0.6 is 12.4 Å². The van der Waals surface area contributed by atoms with Crippen LogP contribution in [-0.2, 0) is 9.53 Å². The third-order valence-electron chi connectivity index (χ3n) is 5.61. The molecule has 1 saturated heterocycles. The van der Waals surface area contributed by atoms with Gasteiger partial charge in [0.15, 0.2) is 0 Å². The van der Waals surface area contributed by atoms with Crippen molar-refractivity contribution in [3.63, 3.8) is 0 Å². The summed E-state index contributed by atoms with van der Waals surface area (Å²) in [4.78, 5) is 14.8. The van der Waals surface area contributed by atoms with Crippen molar-refractivity contribution in [1.82, 2.24) is 4.90 Å². The Morgan fingerprint density at radius 2 is 2.00 bits per heavy atom. The smallest absolute Gasteiger partial charge is 0.243 e. The van der Waals surface area contributed by atoms with E-state index in [1.54, 1.807) is 0 Å². The molecule has 1 aliphatic carbocycles. The number of carbonyl (C=O) groups excluding carboxylic acids is 1. The summed E-state index contributed by atoms with van der Waals surface area (Å²) in [5.41, 5.74) is 5.42. The van der Waals surface area contributed by atoms with Gasteiger partial charge in [0.05, 0.1) is 6.10 Å². The van der Waals surface area contributed by atoms with Crippen LogP contribution in [-0.4, -0.2) is 41.6 Å². The van der Waals surface area contributed by atoms with Gasteiger partial charge in [-0.25, -0.2) is 0 Å². The number of hydrogen-bond donors (Lipinski definition) is 1. The number of amides is 1. The van der Waals surface area contributed by atoms with Crippen LogP contribution in [0.1, 0.15) is 47.5 Å². The number of ether oxygens (including phenoxy) is 1. The van der Waals surface area contributed by atoms with Crippen molar-refractivity contribution in [3.8, 4) is 0 Å². The molecule has 0 radical (unpaired) electrons. The molecule has 1 amide bonds. The molecular formula is C15H29ClN2O2. The minimum Gasteiger partial charge on any atom is -0.378 e. The first kappa shape index (κ1) is 17.7. The topological polar surface area (TPSA) is 55.6 Å². The van der Waals surface area contributed by atoms with Crippen LogP contribution in [0.5, 0.6) is 0 Å². The highest BCUT2D eigenvalue weighted by Crippen LogP contribution is 2.51. The van der Waals surface area contributed by atoms with Crippen LogP contribution in [0.3, 0.4) is 0 Å². The second-order valence-electron chi connectivity index (χ2n) is 6.85. The third-order valence-corrected chi connectivity index (χ3v) is 5.61. The number of nitrogens with two attached hydrogens (primary N) is 1. The molecule has 4 nitrogen and oxygen atoms in total. The monoisotopic (exact) mass is 304 g/mol. The Labute approximate surface area is 128 Å². The van der Waals surface area contributed by atoms with Gasteiger partial charge < -0.3 is 15.4 Å². The molecule has 2 N–H and O–H groups in total. The second kappa shape index (κ2) is 5.82. The van der Waals surface area contributed by atoms with E-state index in [0.29, 0.717) is 25.0 Å². The van der Waals surface area contributed by atoms with E-state index in [1.807, 2.05) is 11.8 Å². The number of hydrogen-bond acceptors (Lipinski definition) is 3. The molecule has 2 aliphatic rings. The molecule has 20 heavy (non-hydrogen) atoms. The van der Waals surface area contributed by atoms with Gasteiger partial charge in [0.25, 0.3) is 0 Å². The first-order chi connectivity index (χ1) is 8.75. The van der Waals surface area contributed by atoms with Gasteiger partial charge in [0.2, 0.25) is 5.91 Å². The second-order valence-corrected chi connectivity index (χ2v) is 6.85. The molecule has 0 spiro atoms. The molecule has 4 unspecified atom stereocenters. The molecule has 1 aliphatic heterocycles. The van der Waals surface area contributed by atoms with E-state index in [9.17, 15) is 4.79 Å². The molecule has 4 atom stereocenters. The Balaban J connectivity index is 0.00000200. The molecule has 118 valence electrons. The summed E-state index contributed by atoms with van der Waals surface area (Å²) < 4.78 is 5.70. The van der Waals surface area contributed by atoms with Crippen molar-refractivity contribution >= 4 is 18.3 Å². The number of nitrogens with zero attached hydrogens (tertiary/aromatic N) is 1. The lowest BCUT2D eigenvalue weighted by Crippen LogP contribution is -2.76. The summed E-state index contributed by atoms with van der Waals surface area (Å²) in [6.07, 6.45) is 1.82. The van der Waals surface area contributed by atoms with Gasteiger partial charge in [-0.15, -0.1) is 12.4 Å². The Morgan fingerprint density at radius 3 is 2.40 bits per heavy atom. The normalized spacial score (nSPS) is 39.1. The van der Waals surface area contributed by atoms with Crippen molar-refractivity contribution in [1.29, 1.82) is 0 Å². The number of likely N-dealkylation sites (tertiary alicyclic amines) is 1. The van der Waals surface area contributed by atoms with Crippen molar-refractivity contribution < 1.29 is 9.53 Å². The standard InChI is InChI=1S/C15H28N2O2.ClH/c1-6-19-12-9-15(16,14(12,4)5)13(18)17-8-7-10(2)11(17)3;/h10-12H,6-9,16H2,1-5H3;1H. The summed E-state index contributed by atoms with van der Waals surface area (Å²) in [5.74, 6) is 0.684. The SMILES string of the molecule is CCOC1CC(N)(C(=O)N2CCC(C)C2C)C1(C)C.Cl. The highest BCUT2D eigenvalue weighted by Gasteiger charge is 2.64. The summed E-state index contributed by atoms with van der Waals surface area (Å²) >= 11 is 0. The average Bonchev–Trinajstić information content (AvgIpc) is 2.68. The zero-order valence-electron chi connectivity index (χ0n) is 13.3. The fraction of sp³-hybridized carbons (Fsp3) is 0.933. The Kier molecular flexibility index (Phi) is 5.16. The fourth-order valence-corrected chi connectivity index (χ4v) is 3.44. The van der Waals surface area contributed by atoms with Crippen molar-refractivity contribution in [2.45, 2.75) is 65.1 Å². The lowest BCUT2D eigenvalue weighted by atomic mass is 9.54. The fourth-order valence-electron chi connectivity index (χ4n) is 3.44. The van der Waals surface area contributed by atoms with Crippen LogP contribution in [0.4, 0.5) is 0 Å². The van der Waals surface area contributed by atoms with Gasteiger partial charge in [-0.2, -0.15) is 0 Å². The van der Waals surface area contributed by atoms with E-state index in [0.717, 1.165) is 13.0 Å². The highest BCUT2D eigenvalue weighted by molar-refractivity contribution is 5.89. The molecule has 0 aromatic heterocycles. The molecule has 0 aromatic rings. The van der Waals surface area contributed by atoms with E-state index >= 15 is 0 Å². The van der Waals surface area contributed by atoms with Gasteiger partial charge in [-0.1, -0.05) is 20.8 Å². The molecular weight excluding hydrogens is 276 g/mol. The number of carbonyl (C=O) groups is 1. The minimum atomic E-state index is -0.759. The van der Waals surface area contributed by atoms with Gasteiger partial charge in [0, 0.05) is 31.0 Å². The van der Waals surface area contributed by atoms with Gasteiger partial charge in [-0.3, -0.25) is 4.79 Å². The largest absolute Gasteiger partial charge is 0.378 e. The highest BCUT2D eigenvalue weighted by atomic mass is 35.5. The Bertz CT molecular complexity index is 375. The summed E-state index contributed by atoms with van der Waals surface area (Å²) in [7, 11) is 0. The third kappa shape index (κ3) is 2.36. The van der Waals surface area contributed by atoms with Gasteiger partial charge in [-0.05, 0) is 26.2 Å². The van der Waals surface area contributed by atoms with Crippen LogP contribution in [0, 0.1) is 11.3 Å². The first-order valence-electron chi connectivity index (χ1n) is 7.47. The maximum atomic E-state index is 12.8. The zero-order chi connectivity index (χ0) is 14.4. The maximum Gasteiger partial charge on any atom is 0.243 e. The molecule has 5 heteroatoms. The maximum absolute atomic E-state index is 12.8. The molecule has 2 fully saturated rings. The predicted molar refractivity (Wildman–Crippen MR) is 82.9 cm³/mol. The van der Waals surface area contributed by atoms with Crippen molar-refractivity contribution in [3.05, 3.63) is 0 Å². The zero-order valence-corrected chi connectivity index (χ0v) is 14.1.